The number of benzene rings is 2. The number of hydrogen-bond acceptors (Lipinski definition) is 4. The summed E-state index contributed by atoms with van der Waals surface area (Å²) in [6.07, 6.45) is 5.03. The molecule has 0 unspecified atom stereocenters. The molecule has 160 valence electrons. The van der Waals surface area contributed by atoms with Crippen molar-refractivity contribution in [1.82, 2.24) is 0 Å². The van der Waals surface area contributed by atoms with Gasteiger partial charge in [-0.25, -0.2) is 0 Å². The van der Waals surface area contributed by atoms with Crippen LogP contribution >= 0.6 is 0 Å². The largest absolute Gasteiger partial charge is 0.493 e. The zero-order chi connectivity index (χ0) is 22.1. The minimum Gasteiger partial charge on any atom is -0.493 e. The van der Waals surface area contributed by atoms with Gasteiger partial charge in [0.1, 0.15) is 23.9 Å². The summed E-state index contributed by atoms with van der Waals surface area (Å²) in [5.41, 5.74) is 2.33. The molecule has 0 amide bonds. The molecule has 0 aromatic heterocycles. The summed E-state index contributed by atoms with van der Waals surface area (Å²) in [6.45, 7) is 15.4. The molecule has 2 rings (SSSR count). The lowest BCUT2D eigenvalue weighted by Crippen LogP contribution is -2.15. The minimum atomic E-state index is -0.108. The van der Waals surface area contributed by atoms with Gasteiger partial charge < -0.3 is 14.2 Å². The predicted octanol–water partition coefficient (Wildman–Crippen LogP) is 6.24. The molecule has 2 aromatic rings. The van der Waals surface area contributed by atoms with Crippen LogP contribution in [0.5, 0.6) is 17.2 Å². The number of rotatable bonds is 10. The Balaban J connectivity index is 2.39. The Kier molecular flexibility index (Phi) is 8.28. The average molecular weight is 409 g/mol. The molecule has 0 aliphatic carbocycles. The van der Waals surface area contributed by atoms with Crippen molar-refractivity contribution in [3.05, 3.63) is 71.8 Å². The lowest BCUT2D eigenvalue weighted by atomic mass is 9.84. The molecule has 4 heteroatoms. The van der Waals surface area contributed by atoms with Crippen molar-refractivity contribution in [2.24, 2.45) is 0 Å². The van der Waals surface area contributed by atoms with Crippen LogP contribution in [0.15, 0.2) is 55.1 Å². The number of ketones is 1. The Morgan fingerprint density at radius 1 is 0.967 bits per heavy atom. The summed E-state index contributed by atoms with van der Waals surface area (Å²) in [4.78, 5) is 12.7. The fourth-order valence-corrected chi connectivity index (χ4v) is 3.04. The van der Waals surface area contributed by atoms with Gasteiger partial charge in [0.2, 0.25) is 0 Å². The molecule has 0 bridgehead atoms. The Hall–Kier alpha value is -3.01. The van der Waals surface area contributed by atoms with E-state index in [0.29, 0.717) is 36.9 Å². The number of allylic oxidation sites excluding steroid dienone is 1. The van der Waals surface area contributed by atoms with Gasteiger partial charge in [-0.3, -0.25) is 4.79 Å². The molecule has 0 heterocycles. The second-order valence-corrected chi connectivity index (χ2v) is 7.79. The van der Waals surface area contributed by atoms with Crippen molar-refractivity contribution in [3.8, 4) is 17.2 Å². The van der Waals surface area contributed by atoms with E-state index in [1.807, 2.05) is 26.0 Å². The highest BCUT2D eigenvalue weighted by molar-refractivity contribution is 6.07. The normalized spacial score (nSPS) is 11.4. The predicted molar refractivity (Wildman–Crippen MR) is 123 cm³/mol. The summed E-state index contributed by atoms with van der Waals surface area (Å²) < 4.78 is 17.3. The summed E-state index contributed by atoms with van der Waals surface area (Å²) in [7, 11) is 0. The molecule has 4 nitrogen and oxygen atoms in total. The number of ether oxygens (including phenoxy) is 3. The van der Waals surface area contributed by atoms with Crippen LogP contribution in [0.2, 0.25) is 0 Å². The van der Waals surface area contributed by atoms with Crippen LogP contribution in [-0.2, 0) is 5.41 Å². The molecule has 0 atom stereocenters. The van der Waals surface area contributed by atoms with E-state index in [4.69, 9.17) is 14.2 Å². The van der Waals surface area contributed by atoms with E-state index in [9.17, 15) is 4.79 Å². The molecule has 0 N–H and O–H groups in total. The molecule has 0 aliphatic rings. The van der Waals surface area contributed by atoms with E-state index in [1.165, 1.54) is 0 Å². The lowest BCUT2D eigenvalue weighted by Gasteiger charge is -2.25. The van der Waals surface area contributed by atoms with Crippen molar-refractivity contribution in [3.63, 3.8) is 0 Å². The van der Waals surface area contributed by atoms with Gasteiger partial charge in [-0.1, -0.05) is 39.5 Å². The van der Waals surface area contributed by atoms with Crippen LogP contribution in [0.3, 0.4) is 0 Å². The van der Waals surface area contributed by atoms with E-state index < -0.39 is 0 Å². The molecule has 0 radical (unpaired) electrons. The summed E-state index contributed by atoms with van der Waals surface area (Å²) in [5, 5.41) is 0. The highest BCUT2D eigenvalue weighted by Gasteiger charge is 2.23. The van der Waals surface area contributed by atoms with E-state index in [1.54, 1.807) is 42.5 Å². The first-order valence-corrected chi connectivity index (χ1v) is 10.3. The van der Waals surface area contributed by atoms with Crippen molar-refractivity contribution in [1.29, 1.82) is 0 Å². The summed E-state index contributed by atoms with van der Waals surface area (Å²) in [6, 6.07) is 11.1. The third kappa shape index (κ3) is 5.99. The number of hydrogen-bond donors (Lipinski definition) is 0. The number of carbonyl (C=O) groups is 1. The van der Waals surface area contributed by atoms with Gasteiger partial charge in [0.05, 0.1) is 18.8 Å². The first kappa shape index (κ1) is 23.3. The molecule has 0 fully saturated rings. The van der Waals surface area contributed by atoms with Crippen molar-refractivity contribution in [2.45, 2.75) is 40.0 Å². The van der Waals surface area contributed by atoms with Crippen LogP contribution in [-0.4, -0.2) is 25.6 Å². The van der Waals surface area contributed by atoms with Gasteiger partial charge >= 0.3 is 0 Å². The fourth-order valence-electron chi connectivity index (χ4n) is 3.04. The third-order valence-corrected chi connectivity index (χ3v) is 4.46. The van der Waals surface area contributed by atoms with E-state index >= 15 is 0 Å². The van der Waals surface area contributed by atoms with Gasteiger partial charge in [-0.05, 0) is 61.7 Å². The average Bonchev–Trinajstić information content (AvgIpc) is 2.71. The number of carbonyl (C=O) groups excluding carboxylic acids is 1. The van der Waals surface area contributed by atoms with Crippen LogP contribution < -0.4 is 14.2 Å². The SMILES string of the molecule is C=CCOc1ccc(C(=O)/C=C/c2c(OCC)ccc(C(C)(C)C)c2OCC)cc1. The third-order valence-electron chi connectivity index (χ3n) is 4.46. The zero-order valence-electron chi connectivity index (χ0n) is 18.7. The Morgan fingerprint density at radius 3 is 2.20 bits per heavy atom. The van der Waals surface area contributed by atoms with Gasteiger partial charge in [-0.2, -0.15) is 0 Å². The maximum Gasteiger partial charge on any atom is 0.185 e. The Labute approximate surface area is 180 Å². The molecule has 0 aliphatic heterocycles. The van der Waals surface area contributed by atoms with Crippen LogP contribution in [0.4, 0.5) is 0 Å². The van der Waals surface area contributed by atoms with Crippen molar-refractivity contribution < 1.29 is 19.0 Å². The van der Waals surface area contributed by atoms with Crippen LogP contribution in [0, 0.1) is 0 Å². The molecule has 30 heavy (non-hydrogen) atoms. The first-order valence-electron chi connectivity index (χ1n) is 10.3. The highest BCUT2D eigenvalue weighted by Crippen LogP contribution is 2.40. The topological polar surface area (TPSA) is 44.8 Å². The Bertz CT molecular complexity index is 886. The van der Waals surface area contributed by atoms with Gasteiger partial charge in [0.15, 0.2) is 5.78 Å². The molecule has 2 aromatic carbocycles. The van der Waals surface area contributed by atoms with E-state index in [0.717, 1.165) is 16.9 Å². The zero-order valence-corrected chi connectivity index (χ0v) is 18.7. The van der Waals surface area contributed by atoms with Crippen LogP contribution in [0.25, 0.3) is 6.08 Å². The summed E-state index contributed by atoms with van der Waals surface area (Å²) >= 11 is 0. The van der Waals surface area contributed by atoms with E-state index in [-0.39, 0.29) is 11.2 Å². The van der Waals surface area contributed by atoms with Gasteiger partial charge in [0, 0.05) is 11.1 Å². The van der Waals surface area contributed by atoms with Gasteiger partial charge in [0.25, 0.3) is 0 Å². The maximum absolute atomic E-state index is 12.7. The second-order valence-electron chi connectivity index (χ2n) is 7.79. The standard InChI is InChI=1S/C26H32O4/c1-7-18-30-20-12-10-19(11-13-20)23(27)16-14-21-24(28-8-2)17-15-22(26(4,5)6)25(21)29-9-3/h7,10-17H,1,8-9,18H2,2-6H3/b16-14+. The highest BCUT2D eigenvalue weighted by atomic mass is 16.5. The molecular weight excluding hydrogens is 376 g/mol. The van der Waals surface area contributed by atoms with Crippen molar-refractivity contribution in [2.75, 3.05) is 19.8 Å². The molecular formula is C26H32O4. The fraction of sp³-hybridized carbons (Fsp3) is 0.346. The van der Waals surface area contributed by atoms with Crippen molar-refractivity contribution >= 4 is 11.9 Å². The lowest BCUT2D eigenvalue weighted by molar-refractivity contribution is 0.104. The Morgan fingerprint density at radius 2 is 1.63 bits per heavy atom. The monoisotopic (exact) mass is 408 g/mol. The smallest absolute Gasteiger partial charge is 0.185 e. The minimum absolute atomic E-state index is 0.101. The molecule has 0 saturated carbocycles. The van der Waals surface area contributed by atoms with E-state index in [2.05, 4.69) is 27.4 Å². The summed E-state index contributed by atoms with van der Waals surface area (Å²) in [5.74, 6) is 2.06. The van der Waals surface area contributed by atoms with Gasteiger partial charge in [-0.15, -0.1) is 0 Å². The molecule has 0 saturated heterocycles. The first-order chi connectivity index (χ1) is 14.3. The van der Waals surface area contributed by atoms with Crippen LogP contribution in [0.1, 0.15) is 56.1 Å². The maximum atomic E-state index is 12.7. The molecule has 0 spiro atoms. The quantitative estimate of drug-likeness (QED) is 0.265. The second kappa shape index (κ2) is 10.7.